The van der Waals surface area contributed by atoms with Crippen molar-refractivity contribution in [1.82, 2.24) is 34.1 Å². The van der Waals surface area contributed by atoms with E-state index >= 15 is 0 Å². The Labute approximate surface area is 206 Å². The zero-order valence-electron chi connectivity index (χ0n) is 19.7. The second-order valence-electron chi connectivity index (χ2n) is 8.36. The third-order valence-corrected chi connectivity index (χ3v) is 6.84. The highest BCUT2D eigenvalue weighted by atomic mass is 32.1. The van der Waals surface area contributed by atoms with Crippen molar-refractivity contribution < 1.29 is 0 Å². The smallest absolute Gasteiger partial charge is 0.164 e. The molecule has 0 radical (unpaired) electrons. The summed E-state index contributed by atoms with van der Waals surface area (Å²) in [7, 11) is 0. The lowest BCUT2D eigenvalue weighted by atomic mass is 10.2. The summed E-state index contributed by atoms with van der Waals surface area (Å²) < 4.78 is 4.21. The Morgan fingerprint density at radius 2 is 1.69 bits per heavy atom. The third kappa shape index (κ3) is 3.81. The monoisotopic (exact) mass is 477 g/mol. The van der Waals surface area contributed by atoms with Gasteiger partial charge in [0.05, 0.1) is 11.9 Å². The van der Waals surface area contributed by atoms with Gasteiger partial charge in [0, 0.05) is 46.8 Å². The maximum Gasteiger partial charge on any atom is 0.164 e. The summed E-state index contributed by atoms with van der Waals surface area (Å²) in [5.74, 6) is 1.83. The third-order valence-electron chi connectivity index (χ3n) is 5.91. The Balaban J connectivity index is 1.46. The Kier molecular flexibility index (Phi) is 5.22. The highest BCUT2D eigenvalue weighted by Crippen LogP contribution is 2.31. The van der Waals surface area contributed by atoms with E-state index in [1.54, 1.807) is 11.3 Å². The first-order chi connectivity index (χ1) is 17.1. The molecule has 0 fully saturated rings. The lowest BCUT2D eigenvalue weighted by molar-refractivity contribution is 0.901. The summed E-state index contributed by atoms with van der Waals surface area (Å²) in [6.45, 7) is 6.15. The molecule has 0 spiro atoms. The van der Waals surface area contributed by atoms with Gasteiger partial charge in [-0.25, -0.2) is 19.9 Å². The molecule has 35 heavy (non-hydrogen) atoms. The number of aromatic nitrogens is 7. The van der Waals surface area contributed by atoms with Crippen molar-refractivity contribution in [3.05, 3.63) is 89.7 Å². The molecular weight excluding hydrogens is 454 g/mol. The van der Waals surface area contributed by atoms with Gasteiger partial charge in [-0.15, -0.1) is 11.3 Å². The first-order valence-corrected chi connectivity index (χ1v) is 12.3. The number of fused-ring (bicyclic) bond motifs is 1. The number of nitrogens with zero attached hydrogens (tertiary/aromatic N) is 7. The van der Waals surface area contributed by atoms with Gasteiger partial charge in [-0.1, -0.05) is 6.92 Å². The van der Waals surface area contributed by atoms with Crippen LogP contribution in [0.5, 0.6) is 0 Å². The molecule has 0 aliphatic rings. The summed E-state index contributed by atoms with van der Waals surface area (Å²) in [6.07, 6.45) is 8.43. The molecule has 172 valence electrons. The van der Waals surface area contributed by atoms with Crippen LogP contribution in [0.25, 0.3) is 44.6 Å². The Bertz CT molecular complexity index is 1640. The van der Waals surface area contributed by atoms with E-state index in [2.05, 4.69) is 68.3 Å². The molecule has 0 atom stereocenters. The van der Waals surface area contributed by atoms with E-state index in [9.17, 15) is 0 Å². The molecular formula is C27H23N7S. The van der Waals surface area contributed by atoms with Crippen LogP contribution >= 0.6 is 11.3 Å². The number of hydrogen-bond donors (Lipinski definition) is 0. The van der Waals surface area contributed by atoms with Crippen LogP contribution in [0.4, 0.5) is 0 Å². The molecule has 0 saturated carbocycles. The minimum absolute atomic E-state index is 0.819. The van der Waals surface area contributed by atoms with Crippen LogP contribution in [0.2, 0.25) is 0 Å². The van der Waals surface area contributed by atoms with Gasteiger partial charge in [0.15, 0.2) is 5.65 Å². The molecule has 6 aromatic rings. The molecule has 0 saturated heterocycles. The molecule has 5 aromatic heterocycles. The predicted molar refractivity (Wildman–Crippen MR) is 139 cm³/mol. The minimum Gasteiger partial charge on any atom is -0.297 e. The first kappa shape index (κ1) is 21.4. The Hall–Kier alpha value is -4.17. The van der Waals surface area contributed by atoms with Gasteiger partial charge in [-0.2, -0.15) is 0 Å². The predicted octanol–water partition coefficient (Wildman–Crippen LogP) is 5.97. The van der Waals surface area contributed by atoms with Crippen LogP contribution in [0.1, 0.15) is 23.3 Å². The van der Waals surface area contributed by atoms with Gasteiger partial charge in [-0.05, 0) is 62.4 Å². The first-order valence-electron chi connectivity index (χ1n) is 11.5. The van der Waals surface area contributed by atoms with Crippen molar-refractivity contribution >= 4 is 22.5 Å². The van der Waals surface area contributed by atoms with Crippen molar-refractivity contribution in [3.8, 4) is 33.5 Å². The number of thiazole rings is 1. The maximum atomic E-state index is 4.99. The summed E-state index contributed by atoms with van der Waals surface area (Å²) in [4.78, 5) is 24.5. The summed E-state index contributed by atoms with van der Waals surface area (Å²) in [6, 6.07) is 16.4. The average Bonchev–Trinajstić information content (AvgIpc) is 3.61. The molecule has 5 heterocycles. The van der Waals surface area contributed by atoms with E-state index in [1.165, 1.54) is 0 Å². The van der Waals surface area contributed by atoms with Crippen LogP contribution in [-0.2, 0) is 6.42 Å². The van der Waals surface area contributed by atoms with Crippen LogP contribution in [-0.4, -0.2) is 34.1 Å². The molecule has 1 aromatic carbocycles. The fourth-order valence-corrected chi connectivity index (χ4v) is 4.91. The van der Waals surface area contributed by atoms with E-state index in [1.807, 2.05) is 49.9 Å². The second kappa shape index (κ2) is 8.56. The van der Waals surface area contributed by atoms with Crippen molar-refractivity contribution in [2.45, 2.75) is 27.2 Å². The maximum absolute atomic E-state index is 4.99. The van der Waals surface area contributed by atoms with Gasteiger partial charge in [0.25, 0.3) is 0 Å². The molecule has 7 nitrogen and oxygen atoms in total. The zero-order valence-corrected chi connectivity index (χ0v) is 20.5. The second-order valence-corrected chi connectivity index (χ2v) is 9.60. The van der Waals surface area contributed by atoms with Gasteiger partial charge in [0.1, 0.15) is 27.9 Å². The molecule has 0 bridgehead atoms. The Morgan fingerprint density at radius 3 is 2.40 bits per heavy atom. The van der Waals surface area contributed by atoms with Crippen LogP contribution in [0.15, 0.2) is 73.3 Å². The number of rotatable bonds is 5. The average molecular weight is 478 g/mol. The molecule has 0 aliphatic heterocycles. The van der Waals surface area contributed by atoms with Crippen LogP contribution < -0.4 is 0 Å². The normalized spacial score (nSPS) is 11.4. The number of hydrogen-bond acceptors (Lipinski definition) is 6. The van der Waals surface area contributed by atoms with E-state index < -0.39 is 0 Å². The SMILES string of the molecule is CCc1nc2cccnc2n1-c1ccc(-c2nc(-c3ncc(C)s3)cn2-c2ccc(C)nc2)cc1. The number of pyridine rings is 2. The van der Waals surface area contributed by atoms with Crippen molar-refractivity contribution in [3.63, 3.8) is 0 Å². The van der Waals surface area contributed by atoms with Gasteiger partial charge in [-0.3, -0.25) is 14.1 Å². The van der Waals surface area contributed by atoms with Gasteiger partial charge < -0.3 is 0 Å². The van der Waals surface area contributed by atoms with E-state index in [4.69, 9.17) is 9.97 Å². The highest BCUT2D eigenvalue weighted by Gasteiger charge is 2.17. The topological polar surface area (TPSA) is 74.3 Å². The lowest BCUT2D eigenvalue weighted by Gasteiger charge is -2.10. The van der Waals surface area contributed by atoms with Gasteiger partial charge in [0.2, 0.25) is 0 Å². The molecule has 6 rings (SSSR count). The van der Waals surface area contributed by atoms with Crippen LogP contribution in [0, 0.1) is 13.8 Å². The number of imidazole rings is 2. The molecule has 0 N–H and O–H groups in total. The van der Waals surface area contributed by atoms with E-state index in [-0.39, 0.29) is 0 Å². The lowest BCUT2D eigenvalue weighted by Crippen LogP contribution is -2.01. The van der Waals surface area contributed by atoms with E-state index in [0.717, 1.165) is 67.4 Å². The largest absolute Gasteiger partial charge is 0.297 e. The van der Waals surface area contributed by atoms with Crippen molar-refractivity contribution in [2.24, 2.45) is 0 Å². The number of benzene rings is 1. The van der Waals surface area contributed by atoms with E-state index in [0.29, 0.717) is 0 Å². The molecule has 0 aliphatic carbocycles. The fraction of sp³-hybridized carbons (Fsp3) is 0.148. The molecule has 0 amide bonds. The van der Waals surface area contributed by atoms with Crippen molar-refractivity contribution in [2.75, 3.05) is 0 Å². The summed E-state index contributed by atoms with van der Waals surface area (Å²) in [5, 5.41) is 0.905. The molecule has 8 heteroatoms. The van der Waals surface area contributed by atoms with Crippen LogP contribution in [0.3, 0.4) is 0 Å². The summed E-state index contributed by atoms with van der Waals surface area (Å²) in [5.41, 5.74) is 6.58. The summed E-state index contributed by atoms with van der Waals surface area (Å²) >= 11 is 1.64. The minimum atomic E-state index is 0.819. The quantitative estimate of drug-likeness (QED) is 0.306. The van der Waals surface area contributed by atoms with Crippen molar-refractivity contribution in [1.29, 1.82) is 0 Å². The highest BCUT2D eigenvalue weighted by molar-refractivity contribution is 7.14. The molecule has 0 unspecified atom stereocenters. The fourth-order valence-electron chi connectivity index (χ4n) is 4.19. The van der Waals surface area contributed by atoms with Gasteiger partial charge >= 0.3 is 0 Å². The Morgan fingerprint density at radius 1 is 0.857 bits per heavy atom. The zero-order chi connectivity index (χ0) is 23.9. The number of aryl methyl sites for hydroxylation is 3. The standard InChI is InChI=1S/C27H23N7S/c1-4-24-31-22-6-5-13-28-26(22)34(24)20-11-8-19(9-12-20)25-32-23(27-30-14-18(3)35-27)16-33(25)21-10-7-17(2)29-15-21/h5-16H,4H2,1-3H3.